The highest BCUT2D eigenvalue weighted by molar-refractivity contribution is 7.92. The summed E-state index contributed by atoms with van der Waals surface area (Å²) in [6.07, 6.45) is 3.62. The quantitative estimate of drug-likeness (QED) is 0.406. The van der Waals surface area contributed by atoms with Gasteiger partial charge in [0.25, 0.3) is 0 Å². The van der Waals surface area contributed by atoms with E-state index >= 15 is 0 Å². The van der Waals surface area contributed by atoms with Crippen molar-refractivity contribution in [3.05, 3.63) is 53.3 Å². The minimum atomic E-state index is -3.61. The number of hydrogen-bond donors (Lipinski definition) is 1. The maximum absolute atomic E-state index is 13.7. The number of sulfonamides is 1. The van der Waals surface area contributed by atoms with E-state index in [0.29, 0.717) is 65.1 Å². The van der Waals surface area contributed by atoms with Crippen molar-refractivity contribution < 1.29 is 26.3 Å². The van der Waals surface area contributed by atoms with E-state index in [1.807, 2.05) is 13.0 Å². The summed E-state index contributed by atoms with van der Waals surface area (Å²) in [7, 11) is -4.58. The topological polar surface area (TPSA) is 101 Å². The lowest BCUT2D eigenvalue weighted by atomic mass is 10.00. The fourth-order valence-electron chi connectivity index (χ4n) is 4.59. The number of rotatable bonds is 10. The van der Waals surface area contributed by atoms with Gasteiger partial charge in [-0.1, -0.05) is 6.92 Å². The van der Waals surface area contributed by atoms with Crippen molar-refractivity contribution in [1.29, 1.82) is 0 Å². The Kier molecular flexibility index (Phi) is 7.37. The highest BCUT2D eigenvalue weighted by Crippen LogP contribution is 2.48. The van der Waals surface area contributed by atoms with Gasteiger partial charge in [-0.25, -0.2) is 18.3 Å². The van der Waals surface area contributed by atoms with E-state index in [-0.39, 0.29) is 18.3 Å². The number of halogens is 1. The molecule has 0 spiro atoms. The van der Waals surface area contributed by atoms with Crippen molar-refractivity contribution in [2.45, 2.75) is 32.1 Å². The highest BCUT2D eigenvalue weighted by atomic mass is 32.2. The van der Waals surface area contributed by atoms with Crippen LogP contribution in [0, 0.1) is 5.82 Å². The Morgan fingerprint density at radius 1 is 1.22 bits per heavy atom. The molecule has 2 aliphatic rings. The first-order valence-corrected chi connectivity index (χ1v) is 15.7. The summed E-state index contributed by atoms with van der Waals surface area (Å²) in [5.41, 5.74) is 6.25. The Bertz CT molecular complexity index is 1460. The lowest BCUT2D eigenvalue weighted by Gasteiger charge is -2.25. The van der Waals surface area contributed by atoms with E-state index < -0.39 is 20.8 Å². The van der Waals surface area contributed by atoms with Gasteiger partial charge in [-0.3, -0.25) is 18.3 Å². The number of nitrogens with one attached hydrogen (secondary N) is 1. The predicted molar refractivity (Wildman–Crippen MR) is 144 cm³/mol. The largest absolute Gasteiger partial charge is 0.455 e. The molecule has 1 aliphatic heterocycles. The summed E-state index contributed by atoms with van der Waals surface area (Å²) in [6.45, 7) is 3.00. The molecule has 1 saturated carbocycles. The summed E-state index contributed by atoms with van der Waals surface area (Å²) in [5, 5.41) is 0.780. The Balaban J connectivity index is 1.67. The third kappa shape index (κ3) is 5.58. The van der Waals surface area contributed by atoms with Gasteiger partial charge in [-0.2, -0.15) is 0 Å². The molecular formula is C26H30FN3O5S2. The number of aliphatic imine (C=N–C) groups is 1. The Morgan fingerprint density at radius 3 is 2.59 bits per heavy atom. The minimum absolute atomic E-state index is 0.232. The lowest BCUT2D eigenvalue weighted by Crippen LogP contribution is -2.32. The van der Waals surface area contributed by atoms with Crippen LogP contribution in [-0.2, 0) is 25.7 Å². The third-order valence-electron chi connectivity index (χ3n) is 6.55. The molecule has 0 amide bonds. The molecule has 0 bridgehead atoms. The molecule has 37 heavy (non-hydrogen) atoms. The highest BCUT2D eigenvalue weighted by Gasteiger charge is 2.33. The molecule has 1 aliphatic carbocycles. The number of hydrogen-bond acceptors (Lipinski definition) is 7. The standard InChI is InChI=1S/C26H30FN3O5S2/c1-3-36(31)14-4-12-30(37(2,32)33)22-16-23-21(15-20(22)17-5-6-17)24(26-28-11-13-34-29-26)25(35-23)18-7-9-19(27)10-8-18/h7-10,15-17H,3-6,11-14H2,1-2H3,(H,28,29). The smallest absolute Gasteiger partial charge is 0.232 e. The Hall–Kier alpha value is -2.76. The monoisotopic (exact) mass is 547 g/mol. The van der Waals surface area contributed by atoms with Gasteiger partial charge in [0, 0.05) is 45.9 Å². The van der Waals surface area contributed by atoms with Crippen molar-refractivity contribution in [3.8, 4) is 11.3 Å². The minimum Gasteiger partial charge on any atom is -0.455 e. The van der Waals surface area contributed by atoms with Gasteiger partial charge in [-0.15, -0.1) is 0 Å². The average Bonchev–Trinajstić information content (AvgIpc) is 3.66. The van der Waals surface area contributed by atoms with Crippen LogP contribution in [0.25, 0.3) is 22.3 Å². The maximum atomic E-state index is 13.7. The van der Waals surface area contributed by atoms with Crippen molar-refractivity contribution in [2.75, 3.05) is 41.8 Å². The summed E-state index contributed by atoms with van der Waals surface area (Å²) < 4.78 is 59.2. The molecule has 1 unspecified atom stereocenters. The van der Waals surface area contributed by atoms with Crippen molar-refractivity contribution in [2.24, 2.45) is 4.99 Å². The molecule has 0 saturated heterocycles. The number of nitrogens with zero attached hydrogens (tertiary/aromatic N) is 2. The molecule has 3 aromatic rings. The lowest BCUT2D eigenvalue weighted by molar-refractivity contribution is 0.0827. The zero-order valence-corrected chi connectivity index (χ0v) is 22.5. The molecule has 2 aromatic carbocycles. The summed E-state index contributed by atoms with van der Waals surface area (Å²) in [6, 6.07) is 9.79. The normalized spacial score (nSPS) is 16.9. The average molecular weight is 548 g/mol. The fourth-order valence-corrected chi connectivity index (χ4v) is 6.31. The van der Waals surface area contributed by atoms with Crippen LogP contribution < -0.4 is 9.79 Å². The molecule has 11 heteroatoms. The fraction of sp³-hybridized carbons (Fsp3) is 0.423. The molecule has 1 fully saturated rings. The number of hydroxylamine groups is 1. The second-order valence-corrected chi connectivity index (χ2v) is 13.1. The SMILES string of the molecule is CCS(=O)CCCN(c1cc2oc(-c3ccc(F)cc3)c(C3=NCCON3)c2cc1C1CC1)S(C)(=O)=O. The van der Waals surface area contributed by atoms with Crippen LogP contribution in [-0.4, -0.2) is 55.9 Å². The molecule has 1 N–H and O–H groups in total. The van der Waals surface area contributed by atoms with E-state index in [2.05, 4.69) is 10.5 Å². The van der Waals surface area contributed by atoms with Crippen LogP contribution in [0.1, 0.15) is 43.2 Å². The van der Waals surface area contributed by atoms with Crippen LogP contribution in [0.15, 0.2) is 45.8 Å². The summed E-state index contributed by atoms with van der Waals surface area (Å²) in [4.78, 5) is 10.0. The molecule has 5 rings (SSSR count). The van der Waals surface area contributed by atoms with Gasteiger partial charge in [0.1, 0.15) is 17.2 Å². The third-order valence-corrected chi connectivity index (χ3v) is 9.12. The van der Waals surface area contributed by atoms with Crippen molar-refractivity contribution in [1.82, 2.24) is 5.48 Å². The second-order valence-electron chi connectivity index (χ2n) is 9.30. The summed E-state index contributed by atoms with van der Waals surface area (Å²) >= 11 is 0. The molecule has 2 heterocycles. The van der Waals surface area contributed by atoms with Crippen LogP contribution in [0.3, 0.4) is 0 Å². The van der Waals surface area contributed by atoms with Gasteiger partial charge in [-0.05, 0) is 61.1 Å². The Labute approximate surface area is 218 Å². The second kappa shape index (κ2) is 10.5. The van der Waals surface area contributed by atoms with Crippen molar-refractivity contribution >= 4 is 43.3 Å². The molecule has 1 atom stereocenters. The predicted octanol–water partition coefficient (Wildman–Crippen LogP) is 4.32. The van der Waals surface area contributed by atoms with Gasteiger partial charge in [0.2, 0.25) is 10.0 Å². The Morgan fingerprint density at radius 2 is 1.97 bits per heavy atom. The van der Waals surface area contributed by atoms with Crippen LogP contribution >= 0.6 is 0 Å². The van der Waals surface area contributed by atoms with Crippen LogP contribution in [0.5, 0.6) is 0 Å². The van der Waals surface area contributed by atoms with Gasteiger partial charge < -0.3 is 4.42 Å². The first kappa shape index (κ1) is 25.9. The number of furan rings is 1. The number of anilines is 1. The van der Waals surface area contributed by atoms with Crippen LogP contribution in [0.2, 0.25) is 0 Å². The van der Waals surface area contributed by atoms with E-state index in [9.17, 15) is 17.0 Å². The van der Waals surface area contributed by atoms with Gasteiger partial charge in [0.05, 0.1) is 30.7 Å². The molecule has 0 radical (unpaired) electrons. The zero-order chi connectivity index (χ0) is 26.2. The molecule has 8 nitrogen and oxygen atoms in total. The number of amidine groups is 1. The summed E-state index contributed by atoms with van der Waals surface area (Å²) in [5.74, 6) is 1.87. The van der Waals surface area contributed by atoms with E-state index in [1.54, 1.807) is 18.2 Å². The first-order chi connectivity index (χ1) is 17.8. The number of benzene rings is 2. The maximum Gasteiger partial charge on any atom is 0.232 e. The molecule has 1 aromatic heterocycles. The van der Waals surface area contributed by atoms with E-state index in [1.165, 1.54) is 22.7 Å². The van der Waals surface area contributed by atoms with Crippen molar-refractivity contribution in [3.63, 3.8) is 0 Å². The molecule has 198 valence electrons. The van der Waals surface area contributed by atoms with Gasteiger partial charge in [0.15, 0.2) is 5.84 Å². The van der Waals surface area contributed by atoms with E-state index in [4.69, 9.17) is 9.25 Å². The first-order valence-electron chi connectivity index (χ1n) is 12.4. The number of fused-ring (bicyclic) bond motifs is 1. The van der Waals surface area contributed by atoms with E-state index in [0.717, 1.165) is 23.8 Å². The zero-order valence-electron chi connectivity index (χ0n) is 20.8. The van der Waals surface area contributed by atoms with Crippen LogP contribution in [0.4, 0.5) is 10.1 Å². The van der Waals surface area contributed by atoms with Gasteiger partial charge >= 0.3 is 0 Å². The molecular weight excluding hydrogens is 517 g/mol.